The van der Waals surface area contributed by atoms with Gasteiger partial charge in [-0.3, -0.25) is 4.79 Å². The zero-order valence-corrected chi connectivity index (χ0v) is 18.6. The van der Waals surface area contributed by atoms with E-state index in [1.807, 2.05) is 13.8 Å². The molecule has 1 aromatic carbocycles. The van der Waals surface area contributed by atoms with E-state index in [1.165, 1.54) is 6.07 Å². The standard InChI is InChI=1S/C23H28F4N4O2/c1-22(2)8-7-13-17(11-22)31(30-20(13)23(25,26)27)12-9-14(24)19(21(28)33)16(10-12)29-15-5-3-4-6-18(15)32/h9-10,15,18,29,32H,3-8,11H2,1-2H3,(H2,28,33)/t15-,18-/m0/s1. The second-order valence-electron chi connectivity index (χ2n) is 9.84. The predicted octanol–water partition coefficient (Wildman–Crippen LogP) is 4.36. The number of carbonyl (C=O) groups excluding carboxylic acids is 1. The van der Waals surface area contributed by atoms with Gasteiger partial charge in [-0.25, -0.2) is 9.07 Å². The highest BCUT2D eigenvalue weighted by Crippen LogP contribution is 2.42. The fourth-order valence-corrected chi connectivity index (χ4v) is 4.93. The Kier molecular flexibility index (Phi) is 5.92. The number of primary amides is 1. The van der Waals surface area contributed by atoms with E-state index < -0.39 is 41.3 Å². The smallest absolute Gasteiger partial charge is 0.391 e. The van der Waals surface area contributed by atoms with Crippen molar-refractivity contribution in [2.24, 2.45) is 11.1 Å². The molecule has 0 radical (unpaired) electrons. The molecule has 1 aromatic heterocycles. The van der Waals surface area contributed by atoms with E-state index in [0.29, 0.717) is 31.4 Å². The number of alkyl halides is 3. The zero-order chi connectivity index (χ0) is 24.1. The lowest BCUT2D eigenvalue weighted by Crippen LogP contribution is -2.37. The first-order valence-corrected chi connectivity index (χ1v) is 11.1. The molecule has 0 unspecified atom stereocenters. The topological polar surface area (TPSA) is 93.2 Å². The van der Waals surface area contributed by atoms with E-state index in [1.54, 1.807) is 0 Å². The number of nitrogens with two attached hydrogens (primary N) is 1. The molecule has 1 amide bonds. The Morgan fingerprint density at radius 1 is 1.27 bits per heavy atom. The SMILES string of the molecule is CC1(C)CCc2c(C(F)(F)F)nn(-c3cc(F)c(C(N)=O)c(N[C@H]4CCCC[C@@H]4O)c3)c2C1. The van der Waals surface area contributed by atoms with Crippen LogP contribution >= 0.6 is 0 Å². The van der Waals surface area contributed by atoms with Crippen LogP contribution in [0, 0.1) is 11.2 Å². The highest BCUT2D eigenvalue weighted by Gasteiger charge is 2.42. The van der Waals surface area contributed by atoms with Crippen molar-refractivity contribution in [1.29, 1.82) is 0 Å². The lowest BCUT2D eigenvalue weighted by atomic mass is 9.76. The van der Waals surface area contributed by atoms with E-state index in [2.05, 4.69) is 10.4 Å². The first-order chi connectivity index (χ1) is 15.4. The van der Waals surface area contributed by atoms with Gasteiger partial charge in [0, 0.05) is 17.3 Å². The van der Waals surface area contributed by atoms with Crippen molar-refractivity contribution in [2.75, 3.05) is 5.32 Å². The molecule has 2 aromatic rings. The fraction of sp³-hybridized carbons (Fsp3) is 0.565. The Hall–Kier alpha value is -2.62. The van der Waals surface area contributed by atoms with E-state index in [4.69, 9.17) is 5.73 Å². The van der Waals surface area contributed by atoms with Crippen molar-refractivity contribution >= 4 is 11.6 Å². The maximum Gasteiger partial charge on any atom is 0.435 e. The van der Waals surface area contributed by atoms with Crippen molar-refractivity contribution in [2.45, 2.75) is 77.1 Å². The Morgan fingerprint density at radius 3 is 2.61 bits per heavy atom. The second-order valence-corrected chi connectivity index (χ2v) is 9.84. The molecule has 180 valence electrons. The molecule has 2 atom stereocenters. The van der Waals surface area contributed by atoms with Gasteiger partial charge in [-0.15, -0.1) is 0 Å². The number of rotatable bonds is 4. The number of hydrogen-bond acceptors (Lipinski definition) is 4. The van der Waals surface area contributed by atoms with Crippen molar-refractivity contribution in [3.05, 3.63) is 40.5 Å². The van der Waals surface area contributed by atoms with Gasteiger partial charge in [0.2, 0.25) is 0 Å². The number of fused-ring (bicyclic) bond motifs is 1. The van der Waals surface area contributed by atoms with Crippen LogP contribution in [-0.2, 0) is 19.0 Å². The molecule has 1 fully saturated rings. The second kappa shape index (κ2) is 8.30. The molecule has 0 bridgehead atoms. The third-order valence-electron chi connectivity index (χ3n) is 6.69. The van der Waals surface area contributed by atoms with Crippen molar-refractivity contribution < 1.29 is 27.5 Å². The molecule has 4 rings (SSSR count). The van der Waals surface area contributed by atoms with E-state index >= 15 is 4.39 Å². The van der Waals surface area contributed by atoms with Crippen LogP contribution in [0.4, 0.5) is 23.2 Å². The van der Waals surface area contributed by atoms with E-state index in [9.17, 15) is 23.1 Å². The molecule has 2 aliphatic carbocycles. The van der Waals surface area contributed by atoms with Crippen LogP contribution in [0.15, 0.2) is 12.1 Å². The van der Waals surface area contributed by atoms with Crippen LogP contribution in [0.1, 0.15) is 73.3 Å². The van der Waals surface area contributed by atoms with Gasteiger partial charge in [0.15, 0.2) is 5.69 Å². The predicted molar refractivity (Wildman–Crippen MR) is 115 cm³/mol. The Balaban J connectivity index is 1.85. The molecule has 33 heavy (non-hydrogen) atoms. The maximum absolute atomic E-state index is 15.1. The molecule has 0 spiro atoms. The van der Waals surface area contributed by atoms with Gasteiger partial charge in [0.05, 0.1) is 29.1 Å². The Bertz CT molecular complexity index is 1080. The normalized spacial score (nSPS) is 22.6. The minimum absolute atomic E-state index is 0.0383. The van der Waals surface area contributed by atoms with Crippen LogP contribution in [0.2, 0.25) is 0 Å². The number of aromatic nitrogens is 2. The van der Waals surface area contributed by atoms with Gasteiger partial charge in [-0.05, 0) is 43.6 Å². The summed E-state index contributed by atoms with van der Waals surface area (Å²) < 4.78 is 57.4. The number of hydrogen-bond donors (Lipinski definition) is 3. The highest BCUT2D eigenvalue weighted by molar-refractivity contribution is 5.99. The zero-order valence-electron chi connectivity index (χ0n) is 18.6. The van der Waals surface area contributed by atoms with Crippen LogP contribution in [0.3, 0.4) is 0 Å². The van der Waals surface area contributed by atoms with Gasteiger partial charge in [0.1, 0.15) is 5.82 Å². The van der Waals surface area contributed by atoms with E-state index in [-0.39, 0.29) is 28.8 Å². The fourth-order valence-electron chi connectivity index (χ4n) is 4.93. The van der Waals surface area contributed by atoms with Crippen molar-refractivity contribution in [3.63, 3.8) is 0 Å². The Labute approximate surface area is 189 Å². The number of benzene rings is 1. The molecule has 0 aliphatic heterocycles. The number of nitrogens with zero attached hydrogens (tertiary/aromatic N) is 2. The van der Waals surface area contributed by atoms with Crippen LogP contribution in [0.25, 0.3) is 5.69 Å². The summed E-state index contributed by atoms with van der Waals surface area (Å²) in [5.74, 6) is -1.97. The molecule has 1 saturated carbocycles. The molecular weight excluding hydrogens is 440 g/mol. The molecule has 6 nitrogen and oxygen atoms in total. The van der Waals surface area contributed by atoms with Gasteiger partial charge >= 0.3 is 6.18 Å². The van der Waals surface area contributed by atoms with Gasteiger partial charge < -0.3 is 16.2 Å². The first kappa shape index (κ1) is 23.5. The molecule has 4 N–H and O–H groups in total. The molecular formula is C23H28F4N4O2. The molecule has 0 saturated heterocycles. The molecule has 1 heterocycles. The van der Waals surface area contributed by atoms with Crippen molar-refractivity contribution in [1.82, 2.24) is 9.78 Å². The summed E-state index contributed by atoms with van der Waals surface area (Å²) in [5, 5.41) is 17.2. The maximum atomic E-state index is 15.1. The van der Waals surface area contributed by atoms with Gasteiger partial charge in [-0.1, -0.05) is 26.7 Å². The lowest BCUT2D eigenvalue weighted by Gasteiger charge is -2.31. The quantitative estimate of drug-likeness (QED) is 0.582. The minimum atomic E-state index is -4.64. The monoisotopic (exact) mass is 468 g/mol. The molecule has 2 aliphatic rings. The summed E-state index contributed by atoms with van der Waals surface area (Å²) in [6.45, 7) is 3.93. The summed E-state index contributed by atoms with van der Waals surface area (Å²) in [4.78, 5) is 12.0. The summed E-state index contributed by atoms with van der Waals surface area (Å²) in [7, 11) is 0. The summed E-state index contributed by atoms with van der Waals surface area (Å²) in [6, 6.07) is 1.94. The minimum Gasteiger partial charge on any atom is -0.391 e. The van der Waals surface area contributed by atoms with E-state index in [0.717, 1.165) is 23.6 Å². The number of amides is 1. The van der Waals surface area contributed by atoms with Crippen LogP contribution in [0.5, 0.6) is 0 Å². The van der Waals surface area contributed by atoms with Crippen LogP contribution in [-0.4, -0.2) is 32.9 Å². The Morgan fingerprint density at radius 2 is 1.97 bits per heavy atom. The number of anilines is 1. The number of halogens is 4. The van der Waals surface area contributed by atoms with Gasteiger partial charge in [-0.2, -0.15) is 18.3 Å². The number of aliphatic hydroxyl groups is 1. The summed E-state index contributed by atoms with van der Waals surface area (Å²) >= 11 is 0. The third kappa shape index (κ3) is 4.58. The van der Waals surface area contributed by atoms with Crippen LogP contribution < -0.4 is 11.1 Å². The lowest BCUT2D eigenvalue weighted by molar-refractivity contribution is -0.142. The number of nitrogens with one attached hydrogen (secondary N) is 1. The third-order valence-corrected chi connectivity index (χ3v) is 6.69. The average molecular weight is 468 g/mol. The number of aliphatic hydroxyl groups excluding tert-OH is 1. The van der Waals surface area contributed by atoms with Crippen molar-refractivity contribution in [3.8, 4) is 5.69 Å². The highest BCUT2D eigenvalue weighted by atomic mass is 19.4. The average Bonchev–Trinajstić information content (AvgIpc) is 3.07. The number of carbonyl (C=O) groups is 1. The summed E-state index contributed by atoms with van der Waals surface area (Å²) in [6.07, 6.45) is -1.33. The largest absolute Gasteiger partial charge is 0.435 e. The first-order valence-electron chi connectivity index (χ1n) is 11.1. The van der Waals surface area contributed by atoms with Gasteiger partial charge in [0.25, 0.3) is 5.91 Å². The summed E-state index contributed by atoms with van der Waals surface area (Å²) in [5.41, 5.74) is 4.40. The molecule has 10 heteroatoms.